The second-order valence-corrected chi connectivity index (χ2v) is 5.77. The number of hydrogen-bond acceptors (Lipinski definition) is 4. The highest BCUT2D eigenvalue weighted by atomic mass is 32.1. The molecule has 0 spiro atoms. The molecule has 0 radical (unpaired) electrons. The smallest absolute Gasteiger partial charge is 0.0784 e. The summed E-state index contributed by atoms with van der Waals surface area (Å²) in [4.78, 5) is 2.93. The van der Waals surface area contributed by atoms with E-state index in [1.165, 1.54) is 0 Å². The van der Waals surface area contributed by atoms with E-state index in [9.17, 15) is 0 Å². The first kappa shape index (κ1) is 17.8. The summed E-state index contributed by atoms with van der Waals surface area (Å²) in [5, 5.41) is 0. The summed E-state index contributed by atoms with van der Waals surface area (Å²) in [6, 6.07) is 0.368. The van der Waals surface area contributed by atoms with Gasteiger partial charge in [0.25, 0.3) is 0 Å². The van der Waals surface area contributed by atoms with Gasteiger partial charge in [-0.2, -0.15) is 0 Å². The largest absolute Gasteiger partial charge is 0.393 e. The van der Waals surface area contributed by atoms with Crippen LogP contribution in [0.5, 0.6) is 0 Å². The van der Waals surface area contributed by atoms with E-state index in [1.54, 1.807) is 14.2 Å². The molecule has 0 aliphatic rings. The predicted octanol–water partition coefficient (Wildman–Crippen LogP) is 1.67. The molecule has 0 aliphatic carbocycles. The lowest BCUT2D eigenvalue weighted by Crippen LogP contribution is -2.42. The Morgan fingerprint density at radius 2 is 1.89 bits per heavy atom. The number of ether oxygens (including phenoxy) is 2. The number of nitrogens with zero attached hydrogens (tertiary/aromatic N) is 1. The van der Waals surface area contributed by atoms with Crippen molar-refractivity contribution in [2.75, 3.05) is 40.5 Å². The monoisotopic (exact) mass is 276 g/mol. The fraction of sp³-hybridized carbons (Fsp3) is 0.923. The van der Waals surface area contributed by atoms with Crippen molar-refractivity contribution in [2.24, 2.45) is 11.1 Å². The summed E-state index contributed by atoms with van der Waals surface area (Å²) < 4.78 is 10.4. The average molecular weight is 276 g/mol. The molecule has 0 amide bonds. The van der Waals surface area contributed by atoms with Crippen LogP contribution in [0.25, 0.3) is 0 Å². The molecule has 18 heavy (non-hydrogen) atoms. The topological polar surface area (TPSA) is 47.7 Å². The molecule has 0 aromatic heterocycles. The number of rotatable bonds is 10. The van der Waals surface area contributed by atoms with Crippen LogP contribution in [0.4, 0.5) is 0 Å². The van der Waals surface area contributed by atoms with E-state index in [4.69, 9.17) is 27.4 Å². The quantitative estimate of drug-likeness (QED) is 0.615. The molecule has 108 valence electrons. The van der Waals surface area contributed by atoms with Crippen molar-refractivity contribution in [3.8, 4) is 0 Å². The van der Waals surface area contributed by atoms with Crippen molar-refractivity contribution in [2.45, 2.75) is 33.2 Å². The molecule has 0 aliphatic heterocycles. The minimum Gasteiger partial charge on any atom is -0.393 e. The average Bonchev–Trinajstić information content (AvgIpc) is 2.29. The molecule has 0 saturated carbocycles. The number of methoxy groups -OCH3 is 2. The van der Waals surface area contributed by atoms with E-state index in [2.05, 4.69) is 25.7 Å². The Kier molecular flexibility index (Phi) is 8.69. The van der Waals surface area contributed by atoms with Gasteiger partial charge in [-0.15, -0.1) is 0 Å². The zero-order chi connectivity index (χ0) is 14.2. The van der Waals surface area contributed by atoms with Crippen LogP contribution in [0.1, 0.15) is 27.2 Å². The molecule has 0 heterocycles. The SMILES string of the molecule is COCCN(CCC(C)(C)C(N)=S)C(C)COC. The van der Waals surface area contributed by atoms with Gasteiger partial charge < -0.3 is 15.2 Å². The highest BCUT2D eigenvalue weighted by Crippen LogP contribution is 2.21. The molecule has 2 N–H and O–H groups in total. The number of nitrogens with two attached hydrogens (primary N) is 1. The Balaban J connectivity index is 4.35. The van der Waals surface area contributed by atoms with Gasteiger partial charge >= 0.3 is 0 Å². The Bertz CT molecular complexity index is 247. The third kappa shape index (κ3) is 6.64. The lowest BCUT2D eigenvalue weighted by atomic mass is 9.89. The van der Waals surface area contributed by atoms with Crippen LogP contribution in [0.15, 0.2) is 0 Å². The van der Waals surface area contributed by atoms with Crippen LogP contribution in [0, 0.1) is 5.41 Å². The van der Waals surface area contributed by atoms with E-state index < -0.39 is 0 Å². The summed E-state index contributed by atoms with van der Waals surface area (Å²) in [6.45, 7) is 9.62. The van der Waals surface area contributed by atoms with Gasteiger partial charge in [-0.1, -0.05) is 26.1 Å². The third-order valence-electron chi connectivity index (χ3n) is 3.30. The van der Waals surface area contributed by atoms with Gasteiger partial charge in [0.2, 0.25) is 0 Å². The van der Waals surface area contributed by atoms with Crippen molar-refractivity contribution in [1.29, 1.82) is 0 Å². The molecular formula is C13H28N2O2S. The first-order chi connectivity index (χ1) is 8.35. The molecule has 0 aromatic rings. The van der Waals surface area contributed by atoms with E-state index in [0.29, 0.717) is 11.0 Å². The maximum Gasteiger partial charge on any atom is 0.0784 e. The van der Waals surface area contributed by atoms with Crippen LogP contribution in [-0.4, -0.2) is 56.5 Å². The molecule has 0 rings (SSSR count). The molecule has 0 saturated heterocycles. The molecule has 5 heteroatoms. The first-order valence-electron chi connectivity index (χ1n) is 6.37. The first-order valence-corrected chi connectivity index (χ1v) is 6.77. The molecule has 4 nitrogen and oxygen atoms in total. The molecule has 0 fully saturated rings. The normalized spacial score (nSPS) is 13.9. The van der Waals surface area contributed by atoms with Gasteiger partial charge in [0.05, 0.1) is 18.2 Å². The fourth-order valence-corrected chi connectivity index (χ4v) is 1.76. The van der Waals surface area contributed by atoms with Crippen molar-refractivity contribution < 1.29 is 9.47 Å². The zero-order valence-electron chi connectivity index (χ0n) is 12.4. The van der Waals surface area contributed by atoms with Gasteiger partial charge in [-0.3, -0.25) is 4.90 Å². The Morgan fingerprint density at radius 1 is 1.28 bits per heavy atom. The van der Waals surface area contributed by atoms with E-state index in [-0.39, 0.29) is 5.41 Å². The number of thiocarbonyl (C=S) groups is 1. The van der Waals surface area contributed by atoms with Crippen molar-refractivity contribution in [1.82, 2.24) is 4.90 Å². The summed E-state index contributed by atoms with van der Waals surface area (Å²) in [5.74, 6) is 0. The minimum absolute atomic E-state index is 0.104. The molecule has 1 unspecified atom stereocenters. The van der Waals surface area contributed by atoms with E-state index >= 15 is 0 Å². The molecule has 0 aromatic carbocycles. The summed E-state index contributed by atoms with van der Waals surface area (Å²) >= 11 is 5.10. The van der Waals surface area contributed by atoms with Crippen LogP contribution < -0.4 is 5.73 Å². The summed E-state index contributed by atoms with van der Waals surface area (Å²) in [6.07, 6.45) is 0.945. The maximum absolute atomic E-state index is 5.75. The van der Waals surface area contributed by atoms with Crippen molar-refractivity contribution in [3.05, 3.63) is 0 Å². The lowest BCUT2D eigenvalue weighted by Gasteiger charge is -2.32. The lowest BCUT2D eigenvalue weighted by molar-refractivity contribution is 0.0705. The van der Waals surface area contributed by atoms with Gasteiger partial charge in [0.1, 0.15) is 0 Å². The predicted molar refractivity (Wildman–Crippen MR) is 80.0 cm³/mol. The molecular weight excluding hydrogens is 248 g/mol. The minimum atomic E-state index is -0.104. The van der Waals surface area contributed by atoms with Gasteiger partial charge in [0, 0.05) is 32.2 Å². The van der Waals surface area contributed by atoms with Gasteiger partial charge in [-0.25, -0.2) is 0 Å². The highest BCUT2D eigenvalue weighted by molar-refractivity contribution is 7.80. The van der Waals surface area contributed by atoms with E-state index in [0.717, 1.165) is 32.7 Å². The molecule has 0 bridgehead atoms. The Morgan fingerprint density at radius 3 is 2.33 bits per heavy atom. The summed E-state index contributed by atoms with van der Waals surface area (Å²) in [7, 11) is 3.45. The van der Waals surface area contributed by atoms with Gasteiger partial charge in [-0.05, 0) is 19.9 Å². The second kappa shape index (κ2) is 8.80. The van der Waals surface area contributed by atoms with Crippen LogP contribution in [0.2, 0.25) is 0 Å². The Labute approximate surface area is 117 Å². The molecule has 1 atom stereocenters. The number of hydrogen-bond donors (Lipinski definition) is 1. The third-order valence-corrected chi connectivity index (χ3v) is 3.86. The fourth-order valence-electron chi connectivity index (χ4n) is 1.65. The Hall–Kier alpha value is -0.230. The summed E-state index contributed by atoms with van der Waals surface area (Å²) in [5.41, 5.74) is 5.65. The highest BCUT2D eigenvalue weighted by Gasteiger charge is 2.23. The van der Waals surface area contributed by atoms with Crippen LogP contribution >= 0.6 is 12.2 Å². The zero-order valence-corrected chi connectivity index (χ0v) is 13.2. The van der Waals surface area contributed by atoms with Crippen LogP contribution in [-0.2, 0) is 9.47 Å². The second-order valence-electron chi connectivity index (χ2n) is 5.33. The van der Waals surface area contributed by atoms with Gasteiger partial charge in [0.15, 0.2) is 0 Å². The van der Waals surface area contributed by atoms with E-state index in [1.807, 2.05) is 0 Å². The van der Waals surface area contributed by atoms with Crippen LogP contribution in [0.3, 0.4) is 0 Å². The van der Waals surface area contributed by atoms with Crippen molar-refractivity contribution in [3.63, 3.8) is 0 Å². The standard InChI is InChI=1S/C13H28N2O2S/c1-11(10-17-5)15(8-9-16-4)7-6-13(2,3)12(14)18/h11H,6-10H2,1-5H3,(H2,14,18). The van der Waals surface area contributed by atoms with Crippen molar-refractivity contribution >= 4 is 17.2 Å². The maximum atomic E-state index is 5.75.